The summed E-state index contributed by atoms with van der Waals surface area (Å²) in [6.45, 7) is 4.07. The third-order valence-corrected chi connectivity index (χ3v) is 6.07. The molecule has 2 aliphatic rings. The molecular weight excluding hydrogens is 372 g/mol. The topological polar surface area (TPSA) is 90.0 Å². The minimum absolute atomic E-state index is 0.191. The number of thiazole rings is 1. The minimum Gasteiger partial charge on any atom is -0.480 e. The van der Waals surface area contributed by atoms with E-state index < -0.39 is 0 Å². The van der Waals surface area contributed by atoms with Crippen LogP contribution in [0.5, 0.6) is 5.75 Å². The van der Waals surface area contributed by atoms with Gasteiger partial charge in [-0.05, 0) is 32.3 Å². The standard InChI is InChI=1S/C20H22N6OS/c1-12(20-22-5-8-28-20)27-16-9-14(11-23-18(16)21)15-10-17(26-6-2-7-26)25-19(24-15)13-3-4-13/h5,8-13H,2-4,6-7H2,1H3,(H2,21,23). The second-order valence-corrected chi connectivity index (χ2v) is 8.25. The number of aromatic nitrogens is 4. The van der Waals surface area contributed by atoms with Gasteiger partial charge in [0.2, 0.25) is 0 Å². The molecule has 0 amide bonds. The third kappa shape index (κ3) is 3.40. The Bertz CT molecular complexity index is 984. The van der Waals surface area contributed by atoms with Crippen molar-refractivity contribution in [3.8, 4) is 17.0 Å². The summed E-state index contributed by atoms with van der Waals surface area (Å²) in [5.74, 6) is 3.36. The SMILES string of the molecule is CC(Oc1cc(-c2cc(N3CCC3)nc(C3CC3)n2)cnc1N)c1nccs1. The summed E-state index contributed by atoms with van der Waals surface area (Å²) < 4.78 is 6.06. The molecule has 3 aromatic rings. The summed E-state index contributed by atoms with van der Waals surface area (Å²) in [6, 6.07) is 3.97. The van der Waals surface area contributed by atoms with Crippen molar-refractivity contribution < 1.29 is 4.74 Å². The van der Waals surface area contributed by atoms with Crippen molar-refractivity contribution in [1.29, 1.82) is 0 Å². The van der Waals surface area contributed by atoms with Crippen LogP contribution in [0, 0.1) is 0 Å². The van der Waals surface area contributed by atoms with Crippen molar-refractivity contribution in [2.24, 2.45) is 0 Å². The summed E-state index contributed by atoms with van der Waals surface area (Å²) >= 11 is 1.56. The average Bonchev–Trinajstić information content (AvgIpc) is 3.36. The molecule has 28 heavy (non-hydrogen) atoms. The Kier molecular flexibility index (Phi) is 4.35. The maximum absolute atomic E-state index is 6.07. The molecule has 1 saturated heterocycles. The number of nitrogens with zero attached hydrogens (tertiary/aromatic N) is 5. The van der Waals surface area contributed by atoms with Gasteiger partial charge in [-0.25, -0.2) is 19.9 Å². The van der Waals surface area contributed by atoms with E-state index in [4.69, 9.17) is 20.4 Å². The molecule has 0 bridgehead atoms. The van der Waals surface area contributed by atoms with Crippen LogP contribution in [-0.2, 0) is 0 Å². The van der Waals surface area contributed by atoms with Crippen molar-refractivity contribution in [3.05, 3.63) is 40.7 Å². The normalized spacial score (nSPS) is 17.2. The monoisotopic (exact) mass is 394 g/mol. The van der Waals surface area contributed by atoms with Crippen LogP contribution in [0.1, 0.15) is 49.0 Å². The van der Waals surface area contributed by atoms with Gasteiger partial charge in [-0.1, -0.05) is 0 Å². The van der Waals surface area contributed by atoms with Crippen LogP contribution in [0.15, 0.2) is 29.9 Å². The van der Waals surface area contributed by atoms with Crippen LogP contribution in [0.3, 0.4) is 0 Å². The van der Waals surface area contributed by atoms with Gasteiger partial charge in [0.25, 0.3) is 0 Å². The van der Waals surface area contributed by atoms with E-state index in [-0.39, 0.29) is 6.10 Å². The van der Waals surface area contributed by atoms with Crippen molar-refractivity contribution in [2.45, 2.75) is 38.2 Å². The van der Waals surface area contributed by atoms with Gasteiger partial charge < -0.3 is 15.4 Å². The Morgan fingerprint density at radius 3 is 2.75 bits per heavy atom. The van der Waals surface area contributed by atoms with Gasteiger partial charge in [0.05, 0.1) is 5.69 Å². The van der Waals surface area contributed by atoms with Crippen LogP contribution in [0.4, 0.5) is 11.6 Å². The lowest BCUT2D eigenvalue weighted by molar-refractivity contribution is 0.227. The molecule has 5 rings (SSSR count). The number of anilines is 2. The number of rotatable bonds is 6. The fraction of sp³-hybridized carbons (Fsp3) is 0.400. The maximum atomic E-state index is 6.07. The Labute approximate surface area is 167 Å². The van der Waals surface area contributed by atoms with E-state index in [2.05, 4.69) is 14.9 Å². The van der Waals surface area contributed by atoms with Crippen LogP contribution in [-0.4, -0.2) is 33.0 Å². The highest BCUT2D eigenvalue weighted by atomic mass is 32.1. The molecule has 7 nitrogen and oxygen atoms in total. The lowest BCUT2D eigenvalue weighted by Gasteiger charge is -2.32. The Morgan fingerprint density at radius 2 is 2.07 bits per heavy atom. The van der Waals surface area contributed by atoms with Gasteiger partial charge in [-0.3, -0.25) is 0 Å². The summed E-state index contributed by atoms with van der Waals surface area (Å²) in [6.07, 6.45) is 6.90. The molecule has 0 spiro atoms. The molecule has 1 saturated carbocycles. The summed E-state index contributed by atoms with van der Waals surface area (Å²) in [4.78, 5) is 20.6. The first kappa shape index (κ1) is 17.4. The molecule has 144 valence electrons. The van der Waals surface area contributed by atoms with E-state index in [9.17, 15) is 0 Å². The van der Waals surface area contributed by atoms with Crippen LogP contribution >= 0.6 is 11.3 Å². The minimum atomic E-state index is -0.191. The van der Waals surface area contributed by atoms with Gasteiger partial charge in [0.15, 0.2) is 11.6 Å². The molecule has 4 heterocycles. The third-order valence-electron chi connectivity index (χ3n) is 5.13. The lowest BCUT2D eigenvalue weighted by atomic mass is 10.1. The van der Waals surface area contributed by atoms with Gasteiger partial charge >= 0.3 is 0 Å². The molecule has 1 aliphatic heterocycles. The lowest BCUT2D eigenvalue weighted by Crippen LogP contribution is -2.37. The fourth-order valence-electron chi connectivity index (χ4n) is 3.20. The van der Waals surface area contributed by atoms with Gasteiger partial charge in [-0.2, -0.15) is 0 Å². The fourth-order valence-corrected chi connectivity index (χ4v) is 3.82. The highest BCUT2D eigenvalue weighted by Crippen LogP contribution is 2.40. The van der Waals surface area contributed by atoms with Gasteiger partial charge in [0.1, 0.15) is 22.8 Å². The van der Waals surface area contributed by atoms with Crippen molar-refractivity contribution in [1.82, 2.24) is 19.9 Å². The van der Waals surface area contributed by atoms with E-state index in [0.717, 1.165) is 41.0 Å². The number of ether oxygens (including phenoxy) is 1. The first-order valence-corrected chi connectivity index (χ1v) is 10.5. The van der Waals surface area contributed by atoms with Gasteiger partial charge in [0, 0.05) is 48.4 Å². The Balaban J connectivity index is 1.48. The quantitative estimate of drug-likeness (QED) is 0.680. The van der Waals surface area contributed by atoms with Crippen LogP contribution in [0.2, 0.25) is 0 Å². The Morgan fingerprint density at radius 1 is 1.21 bits per heavy atom. The number of nitrogens with two attached hydrogens (primary N) is 1. The smallest absolute Gasteiger partial charge is 0.166 e. The molecule has 0 radical (unpaired) electrons. The number of nitrogen functional groups attached to an aromatic ring is 1. The molecule has 1 unspecified atom stereocenters. The number of pyridine rings is 1. The summed E-state index contributed by atoms with van der Waals surface area (Å²) in [5.41, 5.74) is 7.84. The van der Waals surface area contributed by atoms with E-state index in [1.54, 1.807) is 23.7 Å². The van der Waals surface area contributed by atoms with Crippen molar-refractivity contribution in [2.75, 3.05) is 23.7 Å². The largest absolute Gasteiger partial charge is 0.480 e. The summed E-state index contributed by atoms with van der Waals surface area (Å²) in [5, 5.41) is 2.84. The zero-order valence-electron chi connectivity index (χ0n) is 15.7. The number of hydrogen-bond donors (Lipinski definition) is 1. The van der Waals surface area contributed by atoms with E-state index in [0.29, 0.717) is 17.5 Å². The second-order valence-electron chi connectivity index (χ2n) is 7.32. The zero-order valence-corrected chi connectivity index (χ0v) is 16.5. The molecular formula is C20H22N6OS. The summed E-state index contributed by atoms with van der Waals surface area (Å²) in [7, 11) is 0. The molecule has 2 N–H and O–H groups in total. The highest BCUT2D eigenvalue weighted by molar-refractivity contribution is 7.09. The van der Waals surface area contributed by atoms with E-state index in [1.807, 2.05) is 24.4 Å². The van der Waals surface area contributed by atoms with Crippen LogP contribution in [0.25, 0.3) is 11.3 Å². The number of hydrogen-bond acceptors (Lipinski definition) is 8. The second kappa shape index (κ2) is 7.01. The predicted molar refractivity (Wildman–Crippen MR) is 110 cm³/mol. The molecule has 1 atom stereocenters. The van der Waals surface area contributed by atoms with E-state index in [1.165, 1.54) is 19.3 Å². The average molecular weight is 395 g/mol. The highest BCUT2D eigenvalue weighted by Gasteiger charge is 2.29. The molecule has 1 aliphatic carbocycles. The first-order chi connectivity index (χ1) is 13.7. The van der Waals surface area contributed by atoms with Gasteiger partial charge in [-0.15, -0.1) is 11.3 Å². The molecule has 8 heteroatoms. The van der Waals surface area contributed by atoms with E-state index >= 15 is 0 Å². The predicted octanol–water partition coefficient (Wildman–Crippen LogP) is 3.80. The molecule has 3 aromatic heterocycles. The van der Waals surface area contributed by atoms with Crippen molar-refractivity contribution >= 4 is 23.0 Å². The van der Waals surface area contributed by atoms with Crippen LogP contribution < -0.4 is 15.4 Å². The first-order valence-electron chi connectivity index (χ1n) is 9.63. The van der Waals surface area contributed by atoms with Crippen molar-refractivity contribution in [3.63, 3.8) is 0 Å². The maximum Gasteiger partial charge on any atom is 0.166 e. The zero-order chi connectivity index (χ0) is 19.1. The molecule has 0 aromatic carbocycles. The Hall–Kier alpha value is -2.74. The molecule has 2 fully saturated rings.